The molecule has 3 rings (SSSR count). The van der Waals surface area contributed by atoms with Crippen molar-refractivity contribution in [2.45, 2.75) is 13.0 Å². The number of aliphatic hydroxyl groups excluding tert-OH is 1. The number of aryl methyl sites for hydroxylation is 1. The van der Waals surface area contributed by atoms with Crippen LogP contribution >= 0.6 is 0 Å². The molecule has 0 amide bonds. The van der Waals surface area contributed by atoms with Crippen LogP contribution in [0.3, 0.4) is 0 Å². The average Bonchev–Trinajstić information content (AvgIpc) is 2.47. The molecule has 1 aromatic carbocycles. The fourth-order valence-electron chi connectivity index (χ4n) is 2.46. The predicted molar refractivity (Wildman–Crippen MR) is 80.0 cm³/mol. The van der Waals surface area contributed by atoms with E-state index >= 15 is 0 Å². The van der Waals surface area contributed by atoms with Gasteiger partial charge in [0.2, 0.25) is 5.95 Å². The van der Waals surface area contributed by atoms with Crippen LogP contribution in [0.4, 0.5) is 10.3 Å². The van der Waals surface area contributed by atoms with Crippen LogP contribution in [0.15, 0.2) is 35.1 Å². The molecular weight excluding hydrogens is 287 g/mol. The minimum absolute atomic E-state index is 0.270. The van der Waals surface area contributed by atoms with Gasteiger partial charge in [0.25, 0.3) is 0 Å². The Kier molecular flexibility index (Phi) is 3.72. The number of aromatic amines is 1. The molecule has 1 aromatic heterocycles. The van der Waals surface area contributed by atoms with Gasteiger partial charge in [0.05, 0.1) is 12.6 Å². The molecule has 1 aliphatic rings. The first-order chi connectivity index (χ1) is 10.5. The Balaban J connectivity index is 1.86. The summed E-state index contributed by atoms with van der Waals surface area (Å²) in [6.45, 7) is 2.41. The molecule has 6 nitrogen and oxygen atoms in total. The van der Waals surface area contributed by atoms with Crippen molar-refractivity contribution in [3.05, 3.63) is 58.0 Å². The lowest BCUT2D eigenvalue weighted by Gasteiger charge is -2.30. The fraction of sp³-hybridized carbons (Fsp3) is 0.267. The second-order valence-corrected chi connectivity index (χ2v) is 5.13. The summed E-state index contributed by atoms with van der Waals surface area (Å²) in [4.78, 5) is 23.6. The minimum atomic E-state index is -0.762. The Bertz CT molecular complexity index is 770. The van der Waals surface area contributed by atoms with Crippen LogP contribution in [0.1, 0.15) is 11.4 Å². The van der Waals surface area contributed by atoms with Crippen LogP contribution in [0.25, 0.3) is 5.57 Å². The van der Waals surface area contributed by atoms with E-state index in [1.54, 1.807) is 24.0 Å². The highest BCUT2D eigenvalue weighted by Gasteiger charge is 2.23. The summed E-state index contributed by atoms with van der Waals surface area (Å²) in [6, 6.07) is 5.98. The number of β-amino-alcohol motifs (C(OH)–C–C–N with tert-alkyl or cyclic N) is 1. The van der Waals surface area contributed by atoms with Crippen molar-refractivity contribution >= 4 is 11.5 Å². The summed E-state index contributed by atoms with van der Waals surface area (Å²) in [6.07, 6.45) is 1.07. The second kappa shape index (κ2) is 5.69. The topological polar surface area (TPSA) is 82.1 Å². The molecule has 0 fully saturated rings. The van der Waals surface area contributed by atoms with E-state index in [4.69, 9.17) is 0 Å². The van der Waals surface area contributed by atoms with E-state index in [1.165, 1.54) is 12.1 Å². The first kappa shape index (κ1) is 14.4. The predicted octanol–water partition coefficient (Wildman–Crippen LogP) is 0.877. The Labute approximate surface area is 126 Å². The molecule has 0 saturated heterocycles. The van der Waals surface area contributed by atoms with Gasteiger partial charge < -0.3 is 10.0 Å². The molecule has 2 heterocycles. The maximum Gasteiger partial charge on any atom is 0.349 e. The van der Waals surface area contributed by atoms with E-state index in [0.717, 1.165) is 11.1 Å². The molecule has 22 heavy (non-hydrogen) atoms. The molecule has 7 heteroatoms. The molecule has 1 atom stereocenters. The summed E-state index contributed by atoms with van der Waals surface area (Å²) in [7, 11) is 0. The zero-order valence-electron chi connectivity index (χ0n) is 12.0. The summed E-state index contributed by atoms with van der Waals surface area (Å²) < 4.78 is 13.0. The number of anilines is 1. The minimum Gasteiger partial charge on any atom is -0.387 e. The van der Waals surface area contributed by atoms with Gasteiger partial charge in [0.1, 0.15) is 11.6 Å². The zero-order chi connectivity index (χ0) is 15.7. The molecular formula is C15H15FN4O2. The molecule has 1 aliphatic heterocycles. The average molecular weight is 302 g/mol. The SMILES string of the molecule is Cc1nc(N2CC=C(c3ccc(F)cc3)[C@@H](O)C2)nc(=O)[nH]1. The van der Waals surface area contributed by atoms with Gasteiger partial charge in [-0.1, -0.05) is 18.2 Å². The highest BCUT2D eigenvalue weighted by atomic mass is 19.1. The van der Waals surface area contributed by atoms with Crippen LogP contribution < -0.4 is 10.6 Å². The van der Waals surface area contributed by atoms with E-state index in [-0.39, 0.29) is 18.3 Å². The molecule has 0 aliphatic carbocycles. The van der Waals surface area contributed by atoms with Crippen LogP contribution in [-0.4, -0.2) is 39.3 Å². The molecule has 2 aromatic rings. The number of H-pyrrole nitrogens is 1. The second-order valence-electron chi connectivity index (χ2n) is 5.13. The summed E-state index contributed by atoms with van der Waals surface area (Å²) in [5, 5.41) is 10.3. The Morgan fingerprint density at radius 1 is 1.32 bits per heavy atom. The number of aromatic nitrogens is 3. The van der Waals surface area contributed by atoms with Gasteiger partial charge in [-0.15, -0.1) is 0 Å². The Hall–Kier alpha value is -2.54. The normalized spacial score (nSPS) is 18.2. The highest BCUT2D eigenvalue weighted by Crippen LogP contribution is 2.24. The number of benzene rings is 1. The Morgan fingerprint density at radius 3 is 2.68 bits per heavy atom. The van der Waals surface area contributed by atoms with Gasteiger partial charge in [0, 0.05) is 6.54 Å². The number of halogens is 1. The maximum absolute atomic E-state index is 13.0. The van der Waals surface area contributed by atoms with E-state index in [0.29, 0.717) is 12.4 Å². The van der Waals surface area contributed by atoms with Crippen LogP contribution in [-0.2, 0) is 0 Å². The monoisotopic (exact) mass is 302 g/mol. The number of rotatable bonds is 2. The third kappa shape index (κ3) is 2.89. The maximum atomic E-state index is 13.0. The van der Waals surface area contributed by atoms with Crippen molar-refractivity contribution in [1.29, 1.82) is 0 Å². The lowest BCUT2D eigenvalue weighted by Crippen LogP contribution is -2.39. The van der Waals surface area contributed by atoms with Crippen LogP contribution in [0.2, 0.25) is 0 Å². The smallest absolute Gasteiger partial charge is 0.349 e. The van der Waals surface area contributed by atoms with Crippen LogP contribution in [0.5, 0.6) is 0 Å². The van der Waals surface area contributed by atoms with Crippen molar-refractivity contribution in [3.63, 3.8) is 0 Å². The van der Waals surface area contributed by atoms with Gasteiger partial charge in [-0.2, -0.15) is 9.97 Å². The summed E-state index contributed by atoms with van der Waals surface area (Å²) >= 11 is 0. The number of nitrogens with zero attached hydrogens (tertiary/aromatic N) is 3. The number of nitrogens with one attached hydrogen (secondary N) is 1. The van der Waals surface area contributed by atoms with Crippen LogP contribution in [0, 0.1) is 12.7 Å². The molecule has 0 unspecified atom stereocenters. The van der Waals surface area contributed by atoms with E-state index in [2.05, 4.69) is 15.0 Å². The molecule has 0 saturated carbocycles. The van der Waals surface area contributed by atoms with Gasteiger partial charge in [-0.05, 0) is 30.2 Å². The van der Waals surface area contributed by atoms with E-state index in [1.807, 2.05) is 6.08 Å². The molecule has 0 bridgehead atoms. The van der Waals surface area contributed by atoms with Crippen molar-refractivity contribution in [2.75, 3.05) is 18.0 Å². The van der Waals surface area contributed by atoms with Crippen molar-refractivity contribution in [1.82, 2.24) is 15.0 Å². The molecule has 2 N–H and O–H groups in total. The summed E-state index contributed by atoms with van der Waals surface area (Å²) in [5.74, 6) is 0.441. The first-order valence-corrected chi connectivity index (χ1v) is 6.87. The number of aliphatic hydroxyl groups is 1. The van der Waals surface area contributed by atoms with Gasteiger partial charge in [-0.25, -0.2) is 9.18 Å². The molecule has 0 radical (unpaired) electrons. The third-order valence-electron chi connectivity index (χ3n) is 3.50. The highest BCUT2D eigenvalue weighted by molar-refractivity contribution is 5.71. The first-order valence-electron chi connectivity index (χ1n) is 6.87. The lowest BCUT2D eigenvalue weighted by atomic mass is 9.97. The number of hydrogen-bond acceptors (Lipinski definition) is 5. The van der Waals surface area contributed by atoms with Gasteiger partial charge in [0.15, 0.2) is 0 Å². The standard InChI is InChI=1S/C15H15FN4O2/c1-9-17-14(19-15(22)18-9)20-7-6-12(13(21)8-20)10-2-4-11(16)5-3-10/h2-6,13,21H,7-8H2,1H3,(H,17,18,19,22)/t13-/m0/s1. The van der Waals surface area contributed by atoms with E-state index in [9.17, 15) is 14.3 Å². The fourth-order valence-corrected chi connectivity index (χ4v) is 2.46. The molecule has 0 spiro atoms. The number of hydrogen-bond donors (Lipinski definition) is 2. The summed E-state index contributed by atoms with van der Waals surface area (Å²) in [5.41, 5.74) is 1.04. The van der Waals surface area contributed by atoms with Crippen molar-refractivity contribution in [2.24, 2.45) is 0 Å². The molecule has 114 valence electrons. The van der Waals surface area contributed by atoms with Gasteiger partial charge >= 0.3 is 5.69 Å². The van der Waals surface area contributed by atoms with Crippen molar-refractivity contribution < 1.29 is 9.50 Å². The lowest BCUT2D eigenvalue weighted by molar-refractivity contribution is 0.233. The largest absolute Gasteiger partial charge is 0.387 e. The quantitative estimate of drug-likeness (QED) is 0.860. The van der Waals surface area contributed by atoms with Crippen molar-refractivity contribution in [3.8, 4) is 0 Å². The zero-order valence-corrected chi connectivity index (χ0v) is 12.0. The Morgan fingerprint density at radius 2 is 2.05 bits per heavy atom. The van der Waals surface area contributed by atoms with Gasteiger partial charge in [-0.3, -0.25) is 4.98 Å². The third-order valence-corrected chi connectivity index (χ3v) is 3.50. The van der Waals surface area contributed by atoms with E-state index < -0.39 is 11.8 Å².